The predicted molar refractivity (Wildman–Crippen MR) is 46.7 cm³/mol. The van der Waals surface area contributed by atoms with Gasteiger partial charge >= 0.3 is 0 Å². The van der Waals surface area contributed by atoms with Crippen molar-refractivity contribution in [2.75, 3.05) is 33.9 Å². The zero-order valence-electron chi connectivity index (χ0n) is 7.68. The lowest BCUT2D eigenvalue weighted by Gasteiger charge is -2.09. The monoisotopic (exact) mass is 157 g/mol. The number of nitrogens with zero attached hydrogens (tertiary/aromatic N) is 1. The summed E-state index contributed by atoms with van der Waals surface area (Å²) in [5.74, 6) is 0.940. The number of methoxy groups -OCH3 is 1. The van der Waals surface area contributed by atoms with Gasteiger partial charge in [0.15, 0.2) is 0 Å². The minimum atomic E-state index is 0.931. The Morgan fingerprint density at radius 1 is 1.55 bits per heavy atom. The van der Waals surface area contributed by atoms with Gasteiger partial charge in [0.1, 0.15) is 0 Å². The van der Waals surface area contributed by atoms with Crippen LogP contribution in [-0.2, 0) is 4.74 Å². The van der Waals surface area contributed by atoms with Crippen molar-refractivity contribution in [1.82, 2.24) is 4.90 Å². The van der Waals surface area contributed by atoms with Gasteiger partial charge in [0.05, 0.1) is 0 Å². The Morgan fingerprint density at radius 2 is 2.36 bits per heavy atom. The number of ether oxygens (including phenoxy) is 1. The van der Waals surface area contributed by atoms with E-state index in [0.29, 0.717) is 0 Å². The molecule has 0 unspecified atom stereocenters. The summed E-state index contributed by atoms with van der Waals surface area (Å²) in [6, 6.07) is 0. The molecule has 2 heteroatoms. The maximum absolute atomic E-state index is 5.01. The highest BCUT2D eigenvalue weighted by molar-refractivity contribution is 4.72. The maximum atomic E-state index is 5.01. The van der Waals surface area contributed by atoms with E-state index in [9.17, 15) is 0 Å². The summed E-state index contributed by atoms with van der Waals surface area (Å²) in [6.07, 6.45) is 3.97. The van der Waals surface area contributed by atoms with Crippen LogP contribution in [0.5, 0.6) is 0 Å². The Balaban J connectivity index is 1.99. The highest BCUT2D eigenvalue weighted by atomic mass is 16.5. The largest absolute Gasteiger partial charge is 0.385 e. The van der Waals surface area contributed by atoms with Crippen molar-refractivity contribution in [3.63, 3.8) is 0 Å². The van der Waals surface area contributed by atoms with Crippen LogP contribution >= 0.6 is 0 Å². The highest BCUT2D eigenvalue weighted by Gasteiger charge is 2.18. The van der Waals surface area contributed by atoms with E-state index in [1.807, 2.05) is 0 Å². The van der Waals surface area contributed by atoms with Crippen molar-refractivity contribution in [2.45, 2.75) is 19.3 Å². The SMILES string of the molecule is COCCC[C@H]1CCN(C)C1. The van der Waals surface area contributed by atoms with Crippen LogP contribution in [0.25, 0.3) is 0 Å². The van der Waals surface area contributed by atoms with Gasteiger partial charge in [-0.15, -0.1) is 0 Å². The number of likely N-dealkylation sites (tertiary alicyclic amines) is 1. The molecule has 0 bridgehead atoms. The summed E-state index contributed by atoms with van der Waals surface area (Å²) in [4.78, 5) is 2.41. The predicted octanol–water partition coefficient (Wildman–Crippen LogP) is 1.36. The van der Waals surface area contributed by atoms with Gasteiger partial charge in [-0.25, -0.2) is 0 Å². The molecule has 1 saturated heterocycles. The van der Waals surface area contributed by atoms with E-state index >= 15 is 0 Å². The normalized spacial score (nSPS) is 26.2. The third kappa shape index (κ3) is 3.21. The summed E-state index contributed by atoms with van der Waals surface area (Å²) in [5.41, 5.74) is 0. The molecule has 0 spiro atoms. The molecule has 1 rings (SSSR count). The minimum absolute atomic E-state index is 0.931. The molecule has 2 nitrogen and oxygen atoms in total. The Hall–Kier alpha value is -0.0800. The van der Waals surface area contributed by atoms with Crippen molar-refractivity contribution < 1.29 is 4.74 Å². The molecule has 1 aliphatic heterocycles. The van der Waals surface area contributed by atoms with Crippen LogP contribution in [0.1, 0.15) is 19.3 Å². The number of rotatable bonds is 4. The second kappa shape index (κ2) is 4.73. The van der Waals surface area contributed by atoms with Crippen molar-refractivity contribution in [3.8, 4) is 0 Å². The Morgan fingerprint density at radius 3 is 2.91 bits per heavy atom. The van der Waals surface area contributed by atoms with E-state index < -0.39 is 0 Å². The van der Waals surface area contributed by atoms with Gasteiger partial charge in [0, 0.05) is 20.3 Å². The zero-order chi connectivity index (χ0) is 8.10. The van der Waals surface area contributed by atoms with Crippen LogP contribution in [0.4, 0.5) is 0 Å². The summed E-state index contributed by atoms with van der Waals surface area (Å²) in [6.45, 7) is 3.52. The lowest BCUT2D eigenvalue weighted by atomic mass is 10.0. The molecule has 0 aromatic heterocycles. The fraction of sp³-hybridized carbons (Fsp3) is 1.00. The molecule has 0 aromatic rings. The van der Waals surface area contributed by atoms with Crippen LogP contribution in [-0.4, -0.2) is 38.8 Å². The Kier molecular flexibility index (Phi) is 3.87. The van der Waals surface area contributed by atoms with Crippen LogP contribution in [0.15, 0.2) is 0 Å². The van der Waals surface area contributed by atoms with Gasteiger partial charge < -0.3 is 9.64 Å². The first-order chi connectivity index (χ1) is 5.33. The van der Waals surface area contributed by atoms with E-state index in [0.717, 1.165) is 12.5 Å². The molecule has 0 N–H and O–H groups in total. The Labute approximate surface area is 69.5 Å². The number of hydrogen-bond acceptors (Lipinski definition) is 2. The maximum Gasteiger partial charge on any atom is 0.0462 e. The van der Waals surface area contributed by atoms with E-state index in [-0.39, 0.29) is 0 Å². The van der Waals surface area contributed by atoms with Crippen LogP contribution in [0, 0.1) is 5.92 Å². The molecule has 1 aliphatic rings. The molecule has 11 heavy (non-hydrogen) atoms. The first-order valence-electron chi connectivity index (χ1n) is 4.50. The average molecular weight is 157 g/mol. The fourth-order valence-corrected chi connectivity index (χ4v) is 1.78. The van der Waals surface area contributed by atoms with Crippen LogP contribution in [0.3, 0.4) is 0 Å². The summed E-state index contributed by atoms with van der Waals surface area (Å²) in [5, 5.41) is 0. The minimum Gasteiger partial charge on any atom is -0.385 e. The summed E-state index contributed by atoms with van der Waals surface area (Å²) < 4.78 is 5.01. The van der Waals surface area contributed by atoms with E-state index in [1.54, 1.807) is 7.11 Å². The molecule has 1 heterocycles. The zero-order valence-corrected chi connectivity index (χ0v) is 7.68. The average Bonchev–Trinajstić information content (AvgIpc) is 2.37. The second-order valence-corrected chi connectivity index (χ2v) is 3.55. The standard InChI is InChI=1S/C9H19NO/c1-10-6-5-9(8-10)4-3-7-11-2/h9H,3-8H2,1-2H3/t9-/m0/s1. The van der Waals surface area contributed by atoms with Crippen molar-refractivity contribution in [2.24, 2.45) is 5.92 Å². The molecule has 0 saturated carbocycles. The molecule has 1 fully saturated rings. The molecule has 0 radical (unpaired) electrons. The van der Waals surface area contributed by atoms with Crippen molar-refractivity contribution >= 4 is 0 Å². The fourth-order valence-electron chi connectivity index (χ4n) is 1.78. The third-order valence-corrected chi connectivity index (χ3v) is 2.45. The summed E-state index contributed by atoms with van der Waals surface area (Å²) >= 11 is 0. The molecule has 0 amide bonds. The third-order valence-electron chi connectivity index (χ3n) is 2.45. The molecule has 66 valence electrons. The Bertz CT molecular complexity index is 106. The van der Waals surface area contributed by atoms with Crippen LogP contribution in [0.2, 0.25) is 0 Å². The van der Waals surface area contributed by atoms with E-state index in [4.69, 9.17) is 4.74 Å². The van der Waals surface area contributed by atoms with Gasteiger partial charge in [-0.1, -0.05) is 0 Å². The smallest absolute Gasteiger partial charge is 0.0462 e. The molecular weight excluding hydrogens is 138 g/mol. The topological polar surface area (TPSA) is 12.5 Å². The molecular formula is C9H19NO. The van der Waals surface area contributed by atoms with Gasteiger partial charge in [-0.2, -0.15) is 0 Å². The van der Waals surface area contributed by atoms with Crippen molar-refractivity contribution in [1.29, 1.82) is 0 Å². The molecule has 0 aliphatic carbocycles. The number of hydrogen-bond donors (Lipinski definition) is 0. The quantitative estimate of drug-likeness (QED) is 0.571. The van der Waals surface area contributed by atoms with Crippen molar-refractivity contribution in [3.05, 3.63) is 0 Å². The summed E-state index contributed by atoms with van der Waals surface area (Å²) in [7, 11) is 3.98. The highest BCUT2D eigenvalue weighted by Crippen LogP contribution is 2.18. The molecule has 0 aromatic carbocycles. The lowest BCUT2D eigenvalue weighted by molar-refractivity contribution is 0.187. The van der Waals surface area contributed by atoms with Gasteiger partial charge in [0.2, 0.25) is 0 Å². The van der Waals surface area contributed by atoms with E-state index in [1.165, 1.54) is 32.4 Å². The van der Waals surface area contributed by atoms with Gasteiger partial charge in [-0.05, 0) is 38.8 Å². The second-order valence-electron chi connectivity index (χ2n) is 3.55. The van der Waals surface area contributed by atoms with Crippen LogP contribution < -0.4 is 0 Å². The van der Waals surface area contributed by atoms with E-state index in [2.05, 4.69) is 11.9 Å². The van der Waals surface area contributed by atoms with Gasteiger partial charge in [0.25, 0.3) is 0 Å². The van der Waals surface area contributed by atoms with Gasteiger partial charge in [-0.3, -0.25) is 0 Å². The first-order valence-corrected chi connectivity index (χ1v) is 4.50. The molecule has 1 atom stereocenters. The first kappa shape index (κ1) is 9.01. The lowest BCUT2D eigenvalue weighted by Crippen LogP contribution is -2.14.